The molecule has 2 aromatic heterocycles. The van der Waals surface area contributed by atoms with Crippen LogP contribution in [0.4, 0.5) is 5.69 Å². The van der Waals surface area contributed by atoms with Crippen molar-refractivity contribution in [3.8, 4) is 11.5 Å². The summed E-state index contributed by atoms with van der Waals surface area (Å²) in [5, 5.41) is 4.83. The average Bonchev–Trinajstić information content (AvgIpc) is 3.30. The first-order valence-corrected chi connectivity index (χ1v) is 10.2. The second kappa shape index (κ2) is 7.24. The van der Waals surface area contributed by atoms with Gasteiger partial charge in [-0.2, -0.15) is 0 Å². The molecule has 3 heterocycles. The Kier molecular flexibility index (Phi) is 4.79. The number of ether oxygens (including phenoxy) is 2. The summed E-state index contributed by atoms with van der Waals surface area (Å²) in [6.45, 7) is 4.36. The van der Waals surface area contributed by atoms with Gasteiger partial charge in [-0.25, -0.2) is 4.98 Å². The molecule has 0 spiro atoms. The summed E-state index contributed by atoms with van der Waals surface area (Å²) >= 11 is 2.65. The molecule has 9 heteroatoms. The Morgan fingerprint density at radius 3 is 3.00 bits per heavy atom. The standard InChI is InChI=1S/C18H17N3O4S2/c1-3-21-17(23)15-12(6-7-26-15)20-18(21)27-10(2)16(22)19-11-4-5-13-14(8-11)25-9-24-13/h4-8,10H,3,9H2,1-2H3,(H,19,22). The van der Waals surface area contributed by atoms with E-state index in [0.29, 0.717) is 39.1 Å². The first-order chi connectivity index (χ1) is 13.1. The van der Waals surface area contributed by atoms with Crippen molar-refractivity contribution in [3.63, 3.8) is 0 Å². The van der Waals surface area contributed by atoms with Crippen molar-refractivity contribution in [2.24, 2.45) is 0 Å². The van der Waals surface area contributed by atoms with Gasteiger partial charge in [0.05, 0.1) is 10.8 Å². The van der Waals surface area contributed by atoms with Crippen molar-refractivity contribution in [2.75, 3.05) is 12.1 Å². The molecule has 4 rings (SSSR count). The summed E-state index contributed by atoms with van der Waals surface area (Å²) < 4.78 is 12.8. The number of fused-ring (bicyclic) bond motifs is 2. The summed E-state index contributed by atoms with van der Waals surface area (Å²) in [4.78, 5) is 29.7. The Balaban J connectivity index is 1.53. The summed E-state index contributed by atoms with van der Waals surface area (Å²) in [5.74, 6) is 1.09. The molecule has 0 bridgehead atoms. The lowest BCUT2D eigenvalue weighted by molar-refractivity contribution is -0.115. The highest BCUT2D eigenvalue weighted by molar-refractivity contribution is 8.00. The monoisotopic (exact) mass is 403 g/mol. The fourth-order valence-corrected chi connectivity index (χ4v) is 4.47. The number of hydrogen-bond donors (Lipinski definition) is 1. The number of thioether (sulfide) groups is 1. The molecule has 27 heavy (non-hydrogen) atoms. The van der Waals surface area contributed by atoms with E-state index in [-0.39, 0.29) is 18.3 Å². The van der Waals surface area contributed by atoms with Crippen molar-refractivity contribution in [1.29, 1.82) is 0 Å². The van der Waals surface area contributed by atoms with Crippen molar-refractivity contribution in [2.45, 2.75) is 30.8 Å². The highest BCUT2D eigenvalue weighted by Gasteiger charge is 2.20. The number of aromatic nitrogens is 2. The van der Waals surface area contributed by atoms with Gasteiger partial charge in [0.2, 0.25) is 12.7 Å². The number of carbonyl (C=O) groups excluding carboxylic acids is 1. The van der Waals surface area contributed by atoms with E-state index in [1.54, 1.807) is 29.7 Å². The third kappa shape index (κ3) is 3.40. The van der Waals surface area contributed by atoms with Gasteiger partial charge in [-0.3, -0.25) is 14.2 Å². The molecule has 0 saturated heterocycles. The average molecular weight is 403 g/mol. The normalized spacial score (nSPS) is 13.7. The fraction of sp³-hybridized carbons (Fsp3) is 0.278. The Morgan fingerprint density at radius 1 is 1.37 bits per heavy atom. The molecule has 0 saturated carbocycles. The number of thiophene rings is 1. The number of benzene rings is 1. The topological polar surface area (TPSA) is 82.5 Å². The highest BCUT2D eigenvalue weighted by Crippen LogP contribution is 2.34. The van der Waals surface area contributed by atoms with Crippen LogP contribution in [0.1, 0.15) is 13.8 Å². The number of anilines is 1. The lowest BCUT2D eigenvalue weighted by Crippen LogP contribution is -2.26. The van der Waals surface area contributed by atoms with Crippen LogP contribution in [0, 0.1) is 0 Å². The van der Waals surface area contributed by atoms with Crippen LogP contribution in [-0.4, -0.2) is 27.5 Å². The molecule has 140 valence electrons. The minimum Gasteiger partial charge on any atom is -0.454 e. The zero-order valence-corrected chi connectivity index (χ0v) is 16.4. The van der Waals surface area contributed by atoms with Gasteiger partial charge in [-0.15, -0.1) is 11.3 Å². The molecule has 7 nitrogen and oxygen atoms in total. The van der Waals surface area contributed by atoms with E-state index in [9.17, 15) is 9.59 Å². The Bertz CT molecular complexity index is 1080. The number of nitrogens with zero attached hydrogens (tertiary/aromatic N) is 2. The first-order valence-electron chi connectivity index (χ1n) is 8.42. The molecule has 0 fully saturated rings. The quantitative estimate of drug-likeness (QED) is 0.520. The molecule has 0 radical (unpaired) electrons. The molecule has 1 aliphatic rings. The van der Waals surface area contributed by atoms with Crippen molar-refractivity contribution >= 4 is 44.9 Å². The summed E-state index contributed by atoms with van der Waals surface area (Å²) in [6, 6.07) is 7.08. The van der Waals surface area contributed by atoms with E-state index in [0.717, 1.165) is 0 Å². The van der Waals surface area contributed by atoms with Crippen molar-refractivity contribution < 1.29 is 14.3 Å². The summed E-state index contributed by atoms with van der Waals surface area (Å²) in [6.07, 6.45) is 0. The largest absolute Gasteiger partial charge is 0.454 e. The third-order valence-electron chi connectivity index (χ3n) is 4.14. The molecule has 1 N–H and O–H groups in total. The maximum absolute atomic E-state index is 12.6. The van der Waals surface area contributed by atoms with Gasteiger partial charge in [-0.05, 0) is 37.4 Å². The van der Waals surface area contributed by atoms with E-state index in [1.165, 1.54) is 23.1 Å². The number of nitrogens with one attached hydrogen (secondary N) is 1. The number of carbonyl (C=O) groups is 1. The zero-order chi connectivity index (χ0) is 19.0. The van der Waals surface area contributed by atoms with Gasteiger partial charge < -0.3 is 14.8 Å². The number of rotatable bonds is 5. The van der Waals surface area contributed by atoms with Crippen molar-refractivity contribution in [1.82, 2.24) is 9.55 Å². The minimum absolute atomic E-state index is 0.0663. The smallest absolute Gasteiger partial charge is 0.272 e. The Labute approximate surface area is 163 Å². The van der Waals surface area contributed by atoms with Gasteiger partial charge in [0.15, 0.2) is 16.7 Å². The lowest BCUT2D eigenvalue weighted by atomic mass is 10.2. The van der Waals surface area contributed by atoms with E-state index in [2.05, 4.69) is 10.3 Å². The number of hydrogen-bond acceptors (Lipinski definition) is 7. The second-order valence-corrected chi connectivity index (χ2v) is 8.12. The van der Waals surface area contributed by atoms with Crippen LogP contribution in [0.3, 0.4) is 0 Å². The molecule has 3 aromatic rings. The van der Waals surface area contributed by atoms with Crippen LogP contribution < -0.4 is 20.3 Å². The maximum Gasteiger partial charge on any atom is 0.272 e. The van der Waals surface area contributed by atoms with Crippen LogP contribution in [0.25, 0.3) is 10.2 Å². The van der Waals surface area contributed by atoms with E-state index < -0.39 is 5.25 Å². The molecular weight excluding hydrogens is 386 g/mol. The molecule has 1 atom stereocenters. The third-order valence-corrected chi connectivity index (χ3v) is 6.12. The molecule has 0 aliphatic carbocycles. The van der Waals surface area contributed by atoms with Gasteiger partial charge >= 0.3 is 0 Å². The predicted molar refractivity (Wildman–Crippen MR) is 106 cm³/mol. The summed E-state index contributed by atoms with van der Waals surface area (Å²) in [5.41, 5.74) is 1.23. The maximum atomic E-state index is 12.6. The Hall–Kier alpha value is -2.52. The molecule has 1 amide bonds. The molecule has 1 aromatic carbocycles. The van der Waals surface area contributed by atoms with Gasteiger partial charge in [0.25, 0.3) is 5.56 Å². The second-order valence-electron chi connectivity index (χ2n) is 5.90. The van der Waals surface area contributed by atoms with E-state index in [4.69, 9.17) is 9.47 Å². The summed E-state index contributed by atoms with van der Waals surface area (Å²) in [7, 11) is 0. The Morgan fingerprint density at radius 2 is 2.19 bits per heavy atom. The number of amides is 1. The highest BCUT2D eigenvalue weighted by atomic mass is 32.2. The SMILES string of the molecule is CCn1c(SC(C)C(=O)Nc2ccc3c(c2)OCO3)nc2ccsc2c1=O. The van der Waals surface area contributed by atoms with Crippen molar-refractivity contribution in [3.05, 3.63) is 40.0 Å². The van der Waals surface area contributed by atoms with Crippen LogP contribution in [0.2, 0.25) is 0 Å². The van der Waals surface area contributed by atoms with Crippen LogP contribution >= 0.6 is 23.1 Å². The zero-order valence-electron chi connectivity index (χ0n) is 14.7. The van der Waals surface area contributed by atoms with Gasteiger partial charge in [0, 0.05) is 18.3 Å². The molecule has 1 unspecified atom stereocenters. The predicted octanol–water partition coefficient (Wildman–Crippen LogP) is 3.33. The van der Waals surface area contributed by atoms with E-state index in [1.807, 2.05) is 18.4 Å². The molecule has 1 aliphatic heterocycles. The fourth-order valence-electron chi connectivity index (χ4n) is 2.72. The molecular formula is C18H17N3O4S2. The first kappa shape index (κ1) is 17.9. The van der Waals surface area contributed by atoms with Crippen LogP contribution in [0.15, 0.2) is 39.6 Å². The lowest BCUT2D eigenvalue weighted by Gasteiger charge is -2.15. The van der Waals surface area contributed by atoms with Crippen LogP contribution in [0.5, 0.6) is 11.5 Å². The van der Waals surface area contributed by atoms with Gasteiger partial charge in [0.1, 0.15) is 4.70 Å². The van der Waals surface area contributed by atoms with E-state index >= 15 is 0 Å². The van der Waals surface area contributed by atoms with Gasteiger partial charge in [-0.1, -0.05) is 11.8 Å². The van der Waals surface area contributed by atoms with Crippen LogP contribution in [-0.2, 0) is 11.3 Å². The minimum atomic E-state index is -0.434.